The van der Waals surface area contributed by atoms with Crippen molar-refractivity contribution in [3.63, 3.8) is 0 Å². The van der Waals surface area contributed by atoms with Crippen molar-refractivity contribution < 1.29 is 17.9 Å². The largest absolute Gasteiger partial charge is 0.416 e. The third-order valence-electron chi connectivity index (χ3n) is 5.57. The highest BCUT2D eigenvalue weighted by Gasteiger charge is 2.38. The monoisotopic (exact) mass is 383 g/mol. The Morgan fingerprint density at radius 2 is 2.00 bits per heavy atom. The maximum absolute atomic E-state index is 13.2. The van der Waals surface area contributed by atoms with Gasteiger partial charge in [0.2, 0.25) is 0 Å². The van der Waals surface area contributed by atoms with E-state index in [4.69, 9.17) is 9.73 Å². The zero-order valence-electron chi connectivity index (χ0n) is 15.9. The summed E-state index contributed by atoms with van der Waals surface area (Å²) in [6, 6.07) is 6.12. The van der Waals surface area contributed by atoms with Gasteiger partial charge in [-0.2, -0.15) is 13.2 Å². The predicted octanol–water partition coefficient (Wildman–Crippen LogP) is 3.72. The number of halogens is 3. The van der Waals surface area contributed by atoms with Crippen molar-refractivity contribution in [3.05, 3.63) is 35.4 Å². The summed E-state index contributed by atoms with van der Waals surface area (Å²) in [5.41, 5.74) is -0.344. The molecular formula is C20H28F3N3O. The summed E-state index contributed by atoms with van der Waals surface area (Å²) >= 11 is 0. The van der Waals surface area contributed by atoms with Crippen LogP contribution >= 0.6 is 0 Å². The first-order valence-corrected chi connectivity index (χ1v) is 9.64. The van der Waals surface area contributed by atoms with Gasteiger partial charge in [-0.15, -0.1) is 0 Å². The summed E-state index contributed by atoms with van der Waals surface area (Å²) in [6.07, 6.45) is -1.89. The Morgan fingerprint density at radius 3 is 2.59 bits per heavy atom. The van der Waals surface area contributed by atoms with Crippen LogP contribution in [0.4, 0.5) is 13.2 Å². The van der Waals surface area contributed by atoms with E-state index in [1.807, 2.05) is 6.92 Å². The minimum absolute atomic E-state index is 0.432. The molecule has 2 aliphatic rings. The van der Waals surface area contributed by atoms with Gasteiger partial charge in [0.1, 0.15) is 0 Å². The third-order valence-corrected chi connectivity index (χ3v) is 5.57. The van der Waals surface area contributed by atoms with E-state index in [1.54, 1.807) is 6.07 Å². The van der Waals surface area contributed by atoms with Crippen LogP contribution in [0.3, 0.4) is 0 Å². The molecule has 1 aliphatic heterocycles. The molecule has 0 aromatic heterocycles. The summed E-state index contributed by atoms with van der Waals surface area (Å²) in [4.78, 5) is 4.75. The highest BCUT2D eigenvalue weighted by atomic mass is 19.4. The van der Waals surface area contributed by atoms with E-state index < -0.39 is 17.2 Å². The normalized spacial score (nSPS) is 25.1. The topological polar surface area (TPSA) is 45.7 Å². The number of nitrogens with zero attached hydrogens (tertiary/aromatic N) is 1. The number of ether oxygens (including phenoxy) is 1. The number of aliphatic imine (C=N–C) groups is 1. The van der Waals surface area contributed by atoms with Crippen LogP contribution in [0.1, 0.15) is 44.2 Å². The average molecular weight is 383 g/mol. The fourth-order valence-corrected chi connectivity index (χ4v) is 3.57. The molecule has 0 radical (unpaired) electrons. The first-order valence-electron chi connectivity index (χ1n) is 9.64. The molecule has 3 rings (SSSR count). The minimum atomic E-state index is -4.34. The number of benzene rings is 1. The van der Waals surface area contributed by atoms with Crippen LogP contribution in [-0.2, 0) is 16.3 Å². The Hall–Kier alpha value is -1.76. The zero-order valence-corrected chi connectivity index (χ0v) is 15.9. The van der Waals surface area contributed by atoms with Crippen LogP contribution in [0.2, 0.25) is 0 Å². The lowest BCUT2D eigenvalue weighted by atomic mass is 9.74. The molecule has 0 bridgehead atoms. The van der Waals surface area contributed by atoms with Crippen molar-refractivity contribution in [1.82, 2.24) is 10.6 Å². The fourth-order valence-electron chi connectivity index (χ4n) is 3.57. The second-order valence-corrected chi connectivity index (χ2v) is 7.63. The molecule has 7 heteroatoms. The van der Waals surface area contributed by atoms with Crippen LogP contribution in [-0.4, -0.2) is 38.3 Å². The molecule has 1 saturated carbocycles. The second-order valence-electron chi connectivity index (χ2n) is 7.63. The van der Waals surface area contributed by atoms with Crippen LogP contribution in [0.5, 0.6) is 0 Å². The smallest absolute Gasteiger partial charge is 0.381 e. The molecule has 1 saturated heterocycles. The maximum Gasteiger partial charge on any atom is 0.416 e. The van der Waals surface area contributed by atoms with E-state index in [0.717, 1.165) is 25.0 Å². The van der Waals surface area contributed by atoms with Gasteiger partial charge < -0.3 is 15.4 Å². The van der Waals surface area contributed by atoms with Crippen LogP contribution in [0.25, 0.3) is 0 Å². The fraction of sp³-hybridized carbons (Fsp3) is 0.650. The molecule has 1 aromatic carbocycles. The van der Waals surface area contributed by atoms with Crippen LogP contribution in [0, 0.1) is 5.92 Å². The Balaban J connectivity index is 1.85. The van der Waals surface area contributed by atoms with Gasteiger partial charge in [0.05, 0.1) is 12.1 Å². The van der Waals surface area contributed by atoms with E-state index in [9.17, 15) is 13.2 Å². The summed E-state index contributed by atoms with van der Waals surface area (Å²) < 4.78 is 45.1. The Morgan fingerprint density at radius 1 is 1.30 bits per heavy atom. The first kappa shape index (κ1) is 20.0. The van der Waals surface area contributed by atoms with Crippen molar-refractivity contribution in [2.45, 2.75) is 50.7 Å². The highest BCUT2D eigenvalue weighted by molar-refractivity contribution is 5.80. The van der Waals surface area contributed by atoms with E-state index in [0.29, 0.717) is 50.1 Å². The summed E-state index contributed by atoms with van der Waals surface area (Å²) in [6.45, 7) is 6.44. The number of nitrogens with one attached hydrogen (secondary N) is 2. The van der Waals surface area contributed by atoms with Gasteiger partial charge >= 0.3 is 6.18 Å². The Bertz CT molecular complexity index is 669. The van der Waals surface area contributed by atoms with Gasteiger partial charge in [-0.25, -0.2) is 0 Å². The van der Waals surface area contributed by atoms with Crippen molar-refractivity contribution in [3.8, 4) is 0 Å². The van der Waals surface area contributed by atoms with Crippen molar-refractivity contribution in [1.29, 1.82) is 0 Å². The molecule has 1 aliphatic carbocycles. The standard InChI is InChI=1S/C20H28F3N3O/c1-3-24-18(26-17-11-14(17)2)25-13-19(7-9-27-10-8-19)15-5-4-6-16(12-15)20(21,22)23/h4-6,12,14,17H,3,7-11,13H2,1-2H3,(H2,24,25,26). The van der Waals surface area contributed by atoms with Crippen LogP contribution in [0.15, 0.2) is 29.3 Å². The molecule has 2 unspecified atom stereocenters. The number of hydrogen-bond donors (Lipinski definition) is 2. The van der Waals surface area contributed by atoms with Crippen molar-refractivity contribution in [2.24, 2.45) is 10.9 Å². The summed E-state index contributed by atoms with van der Waals surface area (Å²) in [7, 11) is 0. The molecule has 4 nitrogen and oxygen atoms in total. The van der Waals surface area contributed by atoms with E-state index in [2.05, 4.69) is 17.6 Å². The maximum atomic E-state index is 13.2. The minimum Gasteiger partial charge on any atom is -0.381 e. The Labute approximate surface area is 158 Å². The SMILES string of the molecule is CCNC(=NCC1(c2cccc(C(F)(F)F)c2)CCOCC1)NC1CC1C. The van der Waals surface area contributed by atoms with Gasteiger partial charge in [0.15, 0.2) is 5.96 Å². The lowest BCUT2D eigenvalue weighted by Crippen LogP contribution is -2.42. The lowest BCUT2D eigenvalue weighted by Gasteiger charge is -2.37. The highest BCUT2D eigenvalue weighted by Crippen LogP contribution is 2.38. The molecular weight excluding hydrogens is 355 g/mol. The molecule has 0 amide bonds. The number of guanidine groups is 1. The number of rotatable bonds is 5. The van der Waals surface area contributed by atoms with Crippen molar-refractivity contribution >= 4 is 5.96 Å². The molecule has 27 heavy (non-hydrogen) atoms. The third kappa shape index (κ3) is 4.94. The van der Waals surface area contributed by atoms with Crippen molar-refractivity contribution in [2.75, 3.05) is 26.3 Å². The molecule has 2 N–H and O–H groups in total. The van der Waals surface area contributed by atoms with Crippen LogP contribution < -0.4 is 10.6 Å². The van der Waals surface area contributed by atoms with Gasteiger partial charge in [-0.3, -0.25) is 4.99 Å². The van der Waals surface area contributed by atoms with Gasteiger partial charge in [0, 0.05) is 31.2 Å². The number of alkyl halides is 3. The van der Waals surface area contributed by atoms with E-state index in [1.165, 1.54) is 12.1 Å². The van der Waals surface area contributed by atoms with Gasteiger partial charge in [0.25, 0.3) is 0 Å². The quantitative estimate of drug-likeness (QED) is 0.602. The average Bonchev–Trinajstić information content (AvgIpc) is 3.35. The van der Waals surface area contributed by atoms with E-state index >= 15 is 0 Å². The molecule has 1 aromatic rings. The zero-order chi connectivity index (χ0) is 19.5. The lowest BCUT2D eigenvalue weighted by molar-refractivity contribution is -0.137. The molecule has 2 atom stereocenters. The molecule has 1 heterocycles. The predicted molar refractivity (Wildman–Crippen MR) is 99.9 cm³/mol. The second kappa shape index (κ2) is 8.09. The molecule has 0 spiro atoms. The number of hydrogen-bond acceptors (Lipinski definition) is 2. The summed E-state index contributed by atoms with van der Waals surface area (Å²) in [5, 5.41) is 6.66. The molecule has 2 fully saturated rings. The molecule has 150 valence electrons. The first-order chi connectivity index (χ1) is 12.8. The van der Waals surface area contributed by atoms with Gasteiger partial charge in [-0.05, 0) is 43.7 Å². The van der Waals surface area contributed by atoms with E-state index in [-0.39, 0.29) is 0 Å². The van der Waals surface area contributed by atoms with Gasteiger partial charge in [-0.1, -0.05) is 25.1 Å². The summed E-state index contributed by atoms with van der Waals surface area (Å²) in [5.74, 6) is 1.37. The Kier molecular flexibility index (Phi) is 5.99.